The summed E-state index contributed by atoms with van der Waals surface area (Å²) >= 11 is 6.19. The fourth-order valence-electron chi connectivity index (χ4n) is 2.86. The predicted octanol–water partition coefficient (Wildman–Crippen LogP) is 4.53. The van der Waals surface area contributed by atoms with Crippen molar-refractivity contribution in [2.24, 2.45) is 0 Å². The van der Waals surface area contributed by atoms with Crippen molar-refractivity contribution in [3.63, 3.8) is 0 Å². The zero-order valence-electron chi connectivity index (χ0n) is 11.5. The normalized spacial score (nSPS) is 17.1. The van der Waals surface area contributed by atoms with E-state index < -0.39 is 5.97 Å². The molecule has 0 amide bonds. The van der Waals surface area contributed by atoms with Gasteiger partial charge in [0.2, 0.25) is 0 Å². The first-order chi connectivity index (χ1) is 10.1. The topological polar surface area (TPSA) is 49.3 Å². The Labute approximate surface area is 128 Å². The fourth-order valence-corrected chi connectivity index (χ4v) is 3.09. The van der Waals surface area contributed by atoms with Gasteiger partial charge in [-0.3, -0.25) is 0 Å². The number of fused-ring (bicyclic) bond motifs is 1. The third kappa shape index (κ3) is 2.88. The fraction of sp³-hybridized carbons (Fsp3) is 0.235. The predicted molar refractivity (Wildman–Crippen MR) is 84.2 cm³/mol. The smallest absolute Gasteiger partial charge is 0.335 e. The van der Waals surface area contributed by atoms with E-state index in [2.05, 4.69) is 23.5 Å². The first kappa shape index (κ1) is 14.0. The molecule has 0 aliphatic heterocycles. The lowest BCUT2D eigenvalue weighted by atomic mass is 9.87. The zero-order chi connectivity index (χ0) is 14.8. The van der Waals surface area contributed by atoms with Gasteiger partial charge >= 0.3 is 5.97 Å². The standard InChI is InChI=1S/C17H16ClNO2/c18-14-10-12(17(20)21)8-9-16(14)19-15-7-3-5-11-4-1-2-6-13(11)15/h1-2,4,6,8-10,15,19H,3,5,7H2,(H,20,21). The van der Waals surface area contributed by atoms with E-state index in [-0.39, 0.29) is 11.6 Å². The van der Waals surface area contributed by atoms with E-state index in [1.54, 1.807) is 12.1 Å². The van der Waals surface area contributed by atoms with E-state index in [4.69, 9.17) is 16.7 Å². The molecule has 1 aliphatic carbocycles. The molecule has 0 saturated heterocycles. The highest BCUT2D eigenvalue weighted by molar-refractivity contribution is 6.33. The van der Waals surface area contributed by atoms with Gasteiger partial charge in [-0.25, -0.2) is 4.79 Å². The second-order valence-corrected chi connectivity index (χ2v) is 5.69. The maximum atomic E-state index is 10.9. The Hall–Kier alpha value is -2.00. The van der Waals surface area contributed by atoms with Crippen LogP contribution in [0, 0.1) is 0 Å². The SMILES string of the molecule is O=C(O)c1ccc(NC2CCCc3ccccc32)c(Cl)c1. The van der Waals surface area contributed by atoms with Gasteiger partial charge in [0.1, 0.15) is 0 Å². The highest BCUT2D eigenvalue weighted by Gasteiger charge is 2.20. The number of hydrogen-bond acceptors (Lipinski definition) is 2. The van der Waals surface area contributed by atoms with Gasteiger partial charge in [0.05, 0.1) is 22.3 Å². The summed E-state index contributed by atoms with van der Waals surface area (Å²) in [7, 11) is 0. The number of rotatable bonds is 3. The summed E-state index contributed by atoms with van der Waals surface area (Å²) in [6.45, 7) is 0. The number of nitrogens with one attached hydrogen (secondary N) is 1. The molecule has 0 heterocycles. The van der Waals surface area contributed by atoms with Gasteiger partial charge in [-0.1, -0.05) is 35.9 Å². The molecule has 1 unspecified atom stereocenters. The van der Waals surface area contributed by atoms with Crippen LogP contribution in [0.4, 0.5) is 5.69 Å². The number of carboxylic acid groups (broad SMARTS) is 1. The van der Waals surface area contributed by atoms with E-state index in [1.807, 2.05) is 6.07 Å². The van der Waals surface area contributed by atoms with Gasteiger partial charge in [-0.2, -0.15) is 0 Å². The number of carbonyl (C=O) groups is 1. The summed E-state index contributed by atoms with van der Waals surface area (Å²) < 4.78 is 0. The minimum absolute atomic E-state index is 0.203. The maximum Gasteiger partial charge on any atom is 0.335 e. The van der Waals surface area contributed by atoms with E-state index in [1.165, 1.54) is 17.2 Å². The van der Waals surface area contributed by atoms with E-state index in [0.717, 1.165) is 24.9 Å². The molecule has 2 N–H and O–H groups in total. The Kier molecular flexibility index (Phi) is 3.84. The molecule has 4 heteroatoms. The summed E-state index contributed by atoms with van der Waals surface area (Å²) in [6, 6.07) is 13.5. The lowest BCUT2D eigenvalue weighted by Gasteiger charge is -2.27. The number of aromatic carboxylic acids is 1. The van der Waals surface area contributed by atoms with Crippen molar-refractivity contribution in [2.75, 3.05) is 5.32 Å². The minimum atomic E-state index is -0.966. The average molecular weight is 302 g/mol. The van der Waals surface area contributed by atoms with Crippen molar-refractivity contribution in [3.05, 3.63) is 64.2 Å². The molecule has 2 aromatic carbocycles. The molecule has 0 bridgehead atoms. The molecule has 108 valence electrons. The molecule has 0 radical (unpaired) electrons. The van der Waals surface area contributed by atoms with Gasteiger partial charge in [0, 0.05) is 0 Å². The second-order valence-electron chi connectivity index (χ2n) is 5.29. The quantitative estimate of drug-likeness (QED) is 0.876. The van der Waals surface area contributed by atoms with Crippen molar-refractivity contribution >= 4 is 23.3 Å². The molecule has 1 atom stereocenters. The molecule has 0 fully saturated rings. The van der Waals surface area contributed by atoms with Crippen LogP contribution in [-0.2, 0) is 6.42 Å². The first-order valence-corrected chi connectivity index (χ1v) is 7.40. The van der Waals surface area contributed by atoms with Crippen molar-refractivity contribution in [3.8, 4) is 0 Å². The van der Waals surface area contributed by atoms with Crippen LogP contribution in [0.2, 0.25) is 5.02 Å². The first-order valence-electron chi connectivity index (χ1n) is 7.02. The molecule has 2 aromatic rings. The molecule has 0 saturated carbocycles. The van der Waals surface area contributed by atoms with Crippen LogP contribution in [-0.4, -0.2) is 11.1 Å². The number of hydrogen-bond donors (Lipinski definition) is 2. The second kappa shape index (κ2) is 5.78. The number of aryl methyl sites for hydroxylation is 1. The summed E-state index contributed by atoms with van der Waals surface area (Å²) in [5.74, 6) is -0.966. The highest BCUT2D eigenvalue weighted by Crippen LogP contribution is 2.34. The van der Waals surface area contributed by atoms with E-state index in [0.29, 0.717) is 5.02 Å². The zero-order valence-corrected chi connectivity index (χ0v) is 12.2. The molecule has 1 aliphatic rings. The average Bonchev–Trinajstić information content (AvgIpc) is 2.49. The Morgan fingerprint density at radius 2 is 2.05 bits per heavy atom. The summed E-state index contributed by atoms with van der Waals surface area (Å²) in [6.07, 6.45) is 3.30. The third-order valence-corrected chi connectivity index (χ3v) is 4.23. The molecular formula is C17H16ClNO2. The van der Waals surface area contributed by atoms with Crippen LogP contribution in [0.3, 0.4) is 0 Å². The Bertz CT molecular complexity index is 684. The minimum Gasteiger partial charge on any atom is -0.478 e. The van der Waals surface area contributed by atoms with Gasteiger partial charge in [-0.15, -0.1) is 0 Å². The van der Waals surface area contributed by atoms with Crippen LogP contribution >= 0.6 is 11.6 Å². The van der Waals surface area contributed by atoms with Crippen LogP contribution in [0.5, 0.6) is 0 Å². The van der Waals surface area contributed by atoms with Gasteiger partial charge in [0.15, 0.2) is 0 Å². The van der Waals surface area contributed by atoms with Crippen LogP contribution in [0.25, 0.3) is 0 Å². The van der Waals surface area contributed by atoms with Crippen LogP contribution in [0.15, 0.2) is 42.5 Å². The molecule has 0 aromatic heterocycles. The molecule has 3 nitrogen and oxygen atoms in total. The molecule has 3 rings (SSSR count). The summed E-state index contributed by atoms with van der Waals surface area (Å²) in [5, 5.41) is 12.9. The van der Waals surface area contributed by atoms with E-state index >= 15 is 0 Å². The van der Waals surface area contributed by atoms with Crippen molar-refractivity contribution in [1.29, 1.82) is 0 Å². The monoisotopic (exact) mass is 301 g/mol. The maximum absolute atomic E-state index is 10.9. The van der Waals surface area contributed by atoms with Crippen LogP contribution < -0.4 is 5.32 Å². The Morgan fingerprint density at radius 1 is 1.24 bits per heavy atom. The third-order valence-electron chi connectivity index (χ3n) is 3.92. The van der Waals surface area contributed by atoms with E-state index in [9.17, 15) is 4.79 Å². The van der Waals surface area contributed by atoms with Crippen molar-refractivity contribution in [2.45, 2.75) is 25.3 Å². The lowest BCUT2D eigenvalue weighted by molar-refractivity contribution is 0.0697. The van der Waals surface area contributed by atoms with Crippen LogP contribution in [0.1, 0.15) is 40.4 Å². The summed E-state index contributed by atoms with van der Waals surface area (Å²) in [4.78, 5) is 10.9. The Morgan fingerprint density at radius 3 is 2.81 bits per heavy atom. The molecular weight excluding hydrogens is 286 g/mol. The largest absolute Gasteiger partial charge is 0.478 e. The van der Waals surface area contributed by atoms with Gasteiger partial charge < -0.3 is 10.4 Å². The Balaban J connectivity index is 1.86. The lowest BCUT2D eigenvalue weighted by Crippen LogP contribution is -2.17. The molecule has 0 spiro atoms. The van der Waals surface area contributed by atoms with Crippen molar-refractivity contribution in [1.82, 2.24) is 0 Å². The summed E-state index contributed by atoms with van der Waals surface area (Å²) in [5.41, 5.74) is 3.67. The number of benzene rings is 2. The number of anilines is 1. The highest BCUT2D eigenvalue weighted by atomic mass is 35.5. The molecule has 21 heavy (non-hydrogen) atoms. The number of carboxylic acids is 1. The van der Waals surface area contributed by atoms with Gasteiger partial charge in [0.25, 0.3) is 0 Å². The number of halogens is 1. The van der Waals surface area contributed by atoms with Gasteiger partial charge in [-0.05, 0) is 48.6 Å². The van der Waals surface area contributed by atoms with Crippen molar-refractivity contribution < 1.29 is 9.90 Å².